The normalized spacial score (nSPS) is 12.4. The molecule has 94 valence electrons. The maximum absolute atomic E-state index is 10.3. The molecule has 0 bridgehead atoms. The third-order valence-corrected chi connectivity index (χ3v) is 3.51. The van der Waals surface area contributed by atoms with E-state index in [0.29, 0.717) is 11.4 Å². The van der Waals surface area contributed by atoms with Gasteiger partial charge in [0.1, 0.15) is 0 Å². The number of halogens is 1. The van der Waals surface area contributed by atoms with Crippen LogP contribution in [0.3, 0.4) is 0 Å². The first kappa shape index (κ1) is 13.1. The van der Waals surface area contributed by atoms with E-state index in [-0.39, 0.29) is 0 Å². The molecule has 0 spiro atoms. The number of aliphatic hydroxyl groups is 1. The highest BCUT2D eigenvalue weighted by Gasteiger charge is 2.12. The van der Waals surface area contributed by atoms with Gasteiger partial charge in [0.05, 0.1) is 6.10 Å². The SMILES string of the molecule is Cc1cccc(C)c1CC(O)c1cccc(Cl)c1. The first-order valence-electron chi connectivity index (χ1n) is 6.06. The third kappa shape index (κ3) is 2.92. The van der Waals surface area contributed by atoms with Gasteiger partial charge >= 0.3 is 0 Å². The number of rotatable bonds is 3. The highest BCUT2D eigenvalue weighted by molar-refractivity contribution is 6.30. The Labute approximate surface area is 113 Å². The second kappa shape index (κ2) is 5.55. The number of benzene rings is 2. The minimum absolute atomic E-state index is 0.511. The molecular formula is C16H17ClO. The molecule has 2 aromatic rings. The summed E-state index contributed by atoms with van der Waals surface area (Å²) in [5, 5.41) is 10.9. The highest BCUT2D eigenvalue weighted by atomic mass is 35.5. The summed E-state index contributed by atoms with van der Waals surface area (Å²) in [6, 6.07) is 13.6. The van der Waals surface area contributed by atoms with E-state index in [0.717, 1.165) is 5.56 Å². The maximum Gasteiger partial charge on any atom is 0.0831 e. The fourth-order valence-corrected chi connectivity index (χ4v) is 2.39. The van der Waals surface area contributed by atoms with Crippen molar-refractivity contribution in [2.75, 3.05) is 0 Å². The van der Waals surface area contributed by atoms with Crippen LogP contribution >= 0.6 is 11.6 Å². The number of hydrogen-bond acceptors (Lipinski definition) is 1. The molecule has 1 unspecified atom stereocenters. The van der Waals surface area contributed by atoms with Gasteiger partial charge in [0, 0.05) is 11.4 Å². The van der Waals surface area contributed by atoms with Crippen molar-refractivity contribution in [3.63, 3.8) is 0 Å². The molecular weight excluding hydrogens is 244 g/mol. The van der Waals surface area contributed by atoms with Gasteiger partial charge in [0.15, 0.2) is 0 Å². The summed E-state index contributed by atoms with van der Waals surface area (Å²) in [7, 11) is 0. The Morgan fingerprint density at radius 1 is 1.06 bits per heavy atom. The molecule has 1 N–H and O–H groups in total. The molecule has 1 atom stereocenters. The molecule has 0 aliphatic heterocycles. The van der Waals surface area contributed by atoms with Crippen LogP contribution in [-0.4, -0.2) is 5.11 Å². The lowest BCUT2D eigenvalue weighted by Crippen LogP contribution is -2.04. The van der Waals surface area contributed by atoms with Crippen LogP contribution in [0.15, 0.2) is 42.5 Å². The Morgan fingerprint density at radius 2 is 1.67 bits per heavy atom. The molecule has 0 amide bonds. The largest absolute Gasteiger partial charge is 0.388 e. The van der Waals surface area contributed by atoms with E-state index in [2.05, 4.69) is 26.0 Å². The molecule has 0 heterocycles. The van der Waals surface area contributed by atoms with Gasteiger partial charge < -0.3 is 5.11 Å². The summed E-state index contributed by atoms with van der Waals surface area (Å²) in [5.74, 6) is 0. The number of hydrogen-bond donors (Lipinski definition) is 1. The predicted octanol–water partition coefficient (Wildman–Crippen LogP) is 4.23. The van der Waals surface area contributed by atoms with E-state index in [4.69, 9.17) is 11.6 Å². The zero-order valence-electron chi connectivity index (χ0n) is 10.7. The van der Waals surface area contributed by atoms with Gasteiger partial charge in [-0.3, -0.25) is 0 Å². The highest BCUT2D eigenvalue weighted by Crippen LogP contribution is 2.24. The summed E-state index contributed by atoms with van der Waals surface area (Å²) >= 11 is 5.94. The predicted molar refractivity (Wildman–Crippen MR) is 76.0 cm³/mol. The van der Waals surface area contributed by atoms with E-state index in [1.807, 2.05) is 30.3 Å². The molecule has 0 fully saturated rings. The standard InChI is InChI=1S/C16H17ClO/c1-11-5-3-6-12(2)15(11)10-16(18)13-7-4-8-14(17)9-13/h3-9,16,18H,10H2,1-2H3. The van der Waals surface area contributed by atoms with Crippen LogP contribution < -0.4 is 0 Å². The van der Waals surface area contributed by atoms with Crippen LogP contribution in [0.1, 0.15) is 28.4 Å². The van der Waals surface area contributed by atoms with E-state index in [1.54, 1.807) is 0 Å². The zero-order valence-corrected chi connectivity index (χ0v) is 11.4. The smallest absolute Gasteiger partial charge is 0.0831 e. The van der Waals surface area contributed by atoms with E-state index in [1.165, 1.54) is 16.7 Å². The van der Waals surface area contributed by atoms with Gasteiger partial charge in [-0.1, -0.05) is 41.9 Å². The molecule has 0 aliphatic rings. The first-order valence-corrected chi connectivity index (χ1v) is 6.44. The lowest BCUT2D eigenvalue weighted by molar-refractivity contribution is 0.178. The van der Waals surface area contributed by atoms with Crippen LogP contribution in [0.5, 0.6) is 0 Å². The average molecular weight is 261 g/mol. The Kier molecular flexibility index (Phi) is 4.05. The molecule has 18 heavy (non-hydrogen) atoms. The Hall–Kier alpha value is -1.31. The molecule has 0 radical (unpaired) electrons. The molecule has 2 aromatic carbocycles. The molecule has 0 aromatic heterocycles. The molecule has 0 saturated heterocycles. The van der Waals surface area contributed by atoms with Gasteiger partial charge in [0.2, 0.25) is 0 Å². The minimum Gasteiger partial charge on any atom is -0.388 e. The molecule has 0 saturated carbocycles. The maximum atomic E-state index is 10.3. The van der Waals surface area contributed by atoms with Crippen LogP contribution in [0.4, 0.5) is 0 Å². The van der Waals surface area contributed by atoms with Crippen molar-refractivity contribution in [3.8, 4) is 0 Å². The summed E-state index contributed by atoms with van der Waals surface area (Å²) in [4.78, 5) is 0. The second-order valence-corrected chi connectivity index (χ2v) is 5.08. The fraction of sp³-hybridized carbons (Fsp3) is 0.250. The van der Waals surface area contributed by atoms with E-state index in [9.17, 15) is 5.11 Å². The van der Waals surface area contributed by atoms with Gasteiger partial charge in [-0.05, 0) is 48.2 Å². The van der Waals surface area contributed by atoms with Crippen LogP contribution in [0.25, 0.3) is 0 Å². The number of aryl methyl sites for hydroxylation is 2. The van der Waals surface area contributed by atoms with Crippen molar-refractivity contribution in [2.45, 2.75) is 26.4 Å². The third-order valence-electron chi connectivity index (χ3n) is 3.28. The second-order valence-electron chi connectivity index (χ2n) is 4.65. The molecule has 1 nitrogen and oxygen atoms in total. The van der Waals surface area contributed by atoms with Crippen LogP contribution in [-0.2, 0) is 6.42 Å². The minimum atomic E-state index is -0.511. The summed E-state index contributed by atoms with van der Waals surface area (Å²) < 4.78 is 0. The quantitative estimate of drug-likeness (QED) is 0.876. The van der Waals surface area contributed by atoms with Gasteiger partial charge in [-0.15, -0.1) is 0 Å². The van der Waals surface area contributed by atoms with E-state index < -0.39 is 6.10 Å². The zero-order chi connectivity index (χ0) is 13.1. The lowest BCUT2D eigenvalue weighted by atomic mass is 9.95. The average Bonchev–Trinajstić information content (AvgIpc) is 2.34. The van der Waals surface area contributed by atoms with Crippen molar-refractivity contribution in [3.05, 3.63) is 69.7 Å². The number of aliphatic hydroxyl groups excluding tert-OH is 1. The Bertz CT molecular complexity index is 528. The summed E-state index contributed by atoms with van der Waals surface area (Å²) in [5.41, 5.74) is 4.52. The monoisotopic (exact) mass is 260 g/mol. The van der Waals surface area contributed by atoms with Crippen LogP contribution in [0.2, 0.25) is 5.02 Å². The van der Waals surface area contributed by atoms with E-state index >= 15 is 0 Å². The topological polar surface area (TPSA) is 20.2 Å². The molecule has 2 heteroatoms. The Balaban J connectivity index is 2.24. The van der Waals surface area contributed by atoms with Gasteiger partial charge in [-0.25, -0.2) is 0 Å². The van der Waals surface area contributed by atoms with Crippen molar-refractivity contribution in [2.24, 2.45) is 0 Å². The van der Waals surface area contributed by atoms with Crippen LogP contribution in [0, 0.1) is 13.8 Å². The van der Waals surface area contributed by atoms with Gasteiger partial charge in [-0.2, -0.15) is 0 Å². The molecule has 2 rings (SSSR count). The first-order chi connectivity index (χ1) is 8.58. The Morgan fingerprint density at radius 3 is 2.28 bits per heavy atom. The van der Waals surface area contributed by atoms with Crippen molar-refractivity contribution >= 4 is 11.6 Å². The van der Waals surface area contributed by atoms with Crippen molar-refractivity contribution in [1.29, 1.82) is 0 Å². The molecule has 0 aliphatic carbocycles. The van der Waals surface area contributed by atoms with Gasteiger partial charge in [0.25, 0.3) is 0 Å². The van der Waals surface area contributed by atoms with Crippen molar-refractivity contribution < 1.29 is 5.11 Å². The summed E-state index contributed by atoms with van der Waals surface area (Å²) in [6.07, 6.45) is 0.113. The summed E-state index contributed by atoms with van der Waals surface area (Å²) in [6.45, 7) is 4.15. The lowest BCUT2D eigenvalue weighted by Gasteiger charge is -2.15. The van der Waals surface area contributed by atoms with Crippen molar-refractivity contribution in [1.82, 2.24) is 0 Å². The fourth-order valence-electron chi connectivity index (χ4n) is 2.20.